The first kappa shape index (κ1) is 30.2. The van der Waals surface area contributed by atoms with Crippen molar-refractivity contribution in [2.45, 2.75) is 35.5 Å². The average Bonchev–Trinajstić information content (AvgIpc) is 2.96. The van der Waals surface area contributed by atoms with E-state index in [4.69, 9.17) is 0 Å². The summed E-state index contributed by atoms with van der Waals surface area (Å²) in [5, 5.41) is 2.75. The van der Waals surface area contributed by atoms with Crippen LogP contribution in [0.25, 0.3) is 0 Å². The van der Waals surface area contributed by atoms with Crippen LogP contribution in [0.1, 0.15) is 28.4 Å². The minimum atomic E-state index is -3.82. The summed E-state index contributed by atoms with van der Waals surface area (Å²) in [6.45, 7) is 5.62. The van der Waals surface area contributed by atoms with E-state index < -0.39 is 26.0 Å². The van der Waals surface area contributed by atoms with Gasteiger partial charge in [0.2, 0.25) is 0 Å². The van der Waals surface area contributed by atoms with Crippen LogP contribution in [-0.4, -0.2) is 35.5 Å². The Hall–Kier alpha value is -3.80. The molecule has 0 bridgehead atoms. The summed E-state index contributed by atoms with van der Waals surface area (Å²) in [6, 6.07) is 24.4. The molecular formula is C30H31N3O5S3. The SMILES string of the molecule is CCN(c1ccc(C(=O)Nc2ccc(S(=O)(=O)Nc3c(C)cccc3C)cc2)cc1)S(=O)(=O)c1ccc(SC)cc1. The van der Waals surface area contributed by atoms with Gasteiger partial charge in [0.15, 0.2) is 0 Å². The number of thioether (sulfide) groups is 1. The molecule has 41 heavy (non-hydrogen) atoms. The van der Waals surface area contributed by atoms with Crippen LogP contribution in [0, 0.1) is 13.8 Å². The predicted molar refractivity (Wildman–Crippen MR) is 166 cm³/mol. The predicted octanol–water partition coefficient (Wildman–Crippen LogP) is 6.29. The summed E-state index contributed by atoms with van der Waals surface area (Å²) in [6.07, 6.45) is 1.92. The normalized spacial score (nSPS) is 11.6. The van der Waals surface area contributed by atoms with Crippen molar-refractivity contribution < 1.29 is 21.6 Å². The van der Waals surface area contributed by atoms with E-state index in [9.17, 15) is 21.6 Å². The van der Waals surface area contributed by atoms with Crippen LogP contribution < -0.4 is 14.3 Å². The van der Waals surface area contributed by atoms with E-state index in [0.29, 0.717) is 22.6 Å². The third-order valence-corrected chi connectivity index (χ3v) is 10.5. The number of aryl methyl sites for hydroxylation is 2. The molecule has 4 rings (SSSR count). The lowest BCUT2D eigenvalue weighted by Gasteiger charge is -2.23. The van der Waals surface area contributed by atoms with E-state index in [1.165, 1.54) is 40.3 Å². The van der Waals surface area contributed by atoms with E-state index >= 15 is 0 Å². The van der Waals surface area contributed by atoms with E-state index in [0.717, 1.165) is 16.0 Å². The quantitative estimate of drug-likeness (QED) is 0.204. The lowest BCUT2D eigenvalue weighted by Crippen LogP contribution is -2.30. The van der Waals surface area contributed by atoms with E-state index in [2.05, 4.69) is 10.0 Å². The van der Waals surface area contributed by atoms with Gasteiger partial charge in [-0.15, -0.1) is 11.8 Å². The van der Waals surface area contributed by atoms with Crippen molar-refractivity contribution in [1.29, 1.82) is 0 Å². The van der Waals surface area contributed by atoms with Gasteiger partial charge in [-0.05, 0) is 111 Å². The van der Waals surface area contributed by atoms with Crippen molar-refractivity contribution >= 4 is 54.8 Å². The lowest BCUT2D eigenvalue weighted by molar-refractivity contribution is 0.102. The summed E-state index contributed by atoms with van der Waals surface area (Å²) < 4.78 is 56.3. The van der Waals surface area contributed by atoms with Crippen molar-refractivity contribution in [2.24, 2.45) is 0 Å². The molecule has 0 aliphatic carbocycles. The number of hydrogen-bond acceptors (Lipinski definition) is 6. The molecule has 1 amide bonds. The Morgan fingerprint density at radius 2 is 1.34 bits per heavy atom. The fourth-order valence-electron chi connectivity index (χ4n) is 4.23. The minimum Gasteiger partial charge on any atom is -0.322 e. The molecular weight excluding hydrogens is 579 g/mol. The highest BCUT2D eigenvalue weighted by Crippen LogP contribution is 2.27. The summed E-state index contributed by atoms with van der Waals surface area (Å²) in [5.41, 5.74) is 3.33. The third kappa shape index (κ3) is 6.75. The fourth-order valence-corrected chi connectivity index (χ4v) is 7.32. The summed E-state index contributed by atoms with van der Waals surface area (Å²) >= 11 is 1.53. The number of carbonyl (C=O) groups excluding carboxylic acids is 1. The molecule has 0 saturated heterocycles. The third-order valence-electron chi connectivity index (χ3n) is 6.49. The molecule has 0 saturated carbocycles. The van der Waals surface area contributed by atoms with Gasteiger partial charge in [0.05, 0.1) is 21.2 Å². The van der Waals surface area contributed by atoms with Gasteiger partial charge in [0, 0.05) is 22.7 Å². The van der Waals surface area contributed by atoms with Crippen LogP contribution in [0.3, 0.4) is 0 Å². The number of para-hydroxylation sites is 1. The zero-order chi connectivity index (χ0) is 29.8. The standard InChI is InChI=1S/C30H31N3O5S3/c1-5-33(41(37,38)28-19-15-26(39-4)16-20-28)25-13-9-23(10-14-25)30(34)31-24-11-17-27(18-12-24)40(35,36)32-29-21(2)7-6-8-22(29)3/h6-20,32H,5H2,1-4H3,(H,31,34). The second-order valence-electron chi connectivity index (χ2n) is 9.24. The summed E-state index contributed by atoms with van der Waals surface area (Å²) in [7, 11) is -7.61. The molecule has 8 nitrogen and oxygen atoms in total. The number of amides is 1. The zero-order valence-corrected chi connectivity index (χ0v) is 25.5. The number of rotatable bonds is 10. The van der Waals surface area contributed by atoms with E-state index in [1.807, 2.05) is 38.3 Å². The first-order valence-corrected chi connectivity index (χ1v) is 16.9. The first-order valence-electron chi connectivity index (χ1n) is 12.7. The maximum absolute atomic E-state index is 13.2. The van der Waals surface area contributed by atoms with Gasteiger partial charge < -0.3 is 5.32 Å². The Morgan fingerprint density at radius 3 is 1.88 bits per heavy atom. The minimum absolute atomic E-state index is 0.0615. The molecule has 0 radical (unpaired) electrons. The molecule has 0 unspecified atom stereocenters. The molecule has 4 aromatic rings. The topological polar surface area (TPSA) is 113 Å². The van der Waals surface area contributed by atoms with Gasteiger partial charge in [-0.25, -0.2) is 16.8 Å². The highest BCUT2D eigenvalue weighted by Gasteiger charge is 2.24. The van der Waals surface area contributed by atoms with Gasteiger partial charge >= 0.3 is 0 Å². The molecule has 0 aliphatic heterocycles. The molecule has 0 aliphatic rings. The zero-order valence-electron chi connectivity index (χ0n) is 23.1. The summed E-state index contributed by atoms with van der Waals surface area (Å²) in [5.74, 6) is -0.417. The number of sulfonamides is 2. The Labute approximate surface area is 245 Å². The summed E-state index contributed by atoms with van der Waals surface area (Å²) in [4.78, 5) is 14.1. The number of carbonyl (C=O) groups is 1. The molecule has 11 heteroatoms. The van der Waals surface area contributed by atoms with Gasteiger partial charge in [-0.1, -0.05) is 18.2 Å². The molecule has 0 fully saturated rings. The average molecular weight is 610 g/mol. The Morgan fingerprint density at radius 1 is 0.780 bits per heavy atom. The van der Waals surface area contributed by atoms with Crippen LogP contribution in [-0.2, 0) is 20.0 Å². The second-order valence-corrected chi connectivity index (χ2v) is 13.7. The Balaban J connectivity index is 1.46. The number of nitrogens with one attached hydrogen (secondary N) is 2. The van der Waals surface area contributed by atoms with Crippen LogP contribution in [0.5, 0.6) is 0 Å². The number of hydrogen-bond donors (Lipinski definition) is 2. The smallest absolute Gasteiger partial charge is 0.264 e. The Kier molecular flexibility index (Phi) is 9.11. The number of anilines is 3. The fraction of sp³-hybridized carbons (Fsp3) is 0.167. The van der Waals surface area contributed by atoms with Crippen LogP contribution in [0.2, 0.25) is 0 Å². The largest absolute Gasteiger partial charge is 0.322 e. The highest BCUT2D eigenvalue weighted by atomic mass is 32.2. The van der Waals surface area contributed by atoms with E-state index in [1.54, 1.807) is 55.5 Å². The van der Waals surface area contributed by atoms with Crippen molar-refractivity contribution in [3.05, 3.63) is 108 Å². The first-order chi connectivity index (χ1) is 19.5. The Bertz CT molecular complexity index is 1730. The van der Waals surface area contributed by atoms with E-state index in [-0.39, 0.29) is 16.3 Å². The molecule has 4 aromatic carbocycles. The molecule has 2 N–H and O–H groups in total. The van der Waals surface area contributed by atoms with Gasteiger partial charge in [0.25, 0.3) is 26.0 Å². The molecule has 0 heterocycles. The van der Waals surface area contributed by atoms with Crippen LogP contribution in [0.15, 0.2) is 106 Å². The van der Waals surface area contributed by atoms with Gasteiger partial charge in [-0.2, -0.15) is 0 Å². The van der Waals surface area contributed by atoms with Crippen LogP contribution >= 0.6 is 11.8 Å². The van der Waals surface area contributed by atoms with Crippen LogP contribution in [0.4, 0.5) is 17.1 Å². The van der Waals surface area contributed by atoms with Crippen molar-refractivity contribution in [3.8, 4) is 0 Å². The van der Waals surface area contributed by atoms with Gasteiger partial charge in [0.1, 0.15) is 0 Å². The molecule has 0 spiro atoms. The monoisotopic (exact) mass is 609 g/mol. The lowest BCUT2D eigenvalue weighted by atomic mass is 10.1. The molecule has 0 atom stereocenters. The number of nitrogens with zero attached hydrogens (tertiary/aromatic N) is 1. The van der Waals surface area contributed by atoms with Crippen molar-refractivity contribution in [2.75, 3.05) is 27.1 Å². The molecule has 0 aromatic heterocycles. The van der Waals surface area contributed by atoms with Crippen molar-refractivity contribution in [1.82, 2.24) is 0 Å². The highest BCUT2D eigenvalue weighted by molar-refractivity contribution is 7.98. The maximum Gasteiger partial charge on any atom is 0.264 e. The maximum atomic E-state index is 13.2. The number of benzene rings is 4. The second kappa shape index (κ2) is 12.4. The van der Waals surface area contributed by atoms with Crippen molar-refractivity contribution in [3.63, 3.8) is 0 Å². The molecule has 214 valence electrons. The van der Waals surface area contributed by atoms with Gasteiger partial charge in [-0.3, -0.25) is 13.8 Å².